The molecule has 1 fully saturated rings. The number of carbonyl (C=O) groups is 1. The summed E-state index contributed by atoms with van der Waals surface area (Å²) in [6, 6.07) is 8.01. The van der Waals surface area contributed by atoms with Crippen molar-refractivity contribution in [3.05, 3.63) is 41.8 Å². The van der Waals surface area contributed by atoms with Crippen LogP contribution in [0.25, 0.3) is 5.69 Å². The predicted octanol–water partition coefficient (Wildman–Crippen LogP) is 4.05. The zero-order chi connectivity index (χ0) is 16.6. The van der Waals surface area contributed by atoms with Gasteiger partial charge in [0.15, 0.2) is 0 Å². The van der Waals surface area contributed by atoms with Gasteiger partial charge in [0.05, 0.1) is 11.4 Å². The molecular formula is C18H22FN3O. The number of nitrogens with zero attached hydrogens (tertiary/aromatic N) is 2. The maximum absolute atomic E-state index is 13.2. The molecule has 0 bridgehead atoms. The molecule has 1 N–H and O–H groups in total. The molecule has 122 valence electrons. The van der Waals surface area contributed by atoms with E-state index in [0.717, 1.165) is 30.6 Å². The van der Waals surface area contributed by atoms with E-state index in [1.54, 1.807) is 16.8 Å². The van der Waals surface area contributed by atoms with Crippen LogP contribution in [0.3, 0.4) is 0 Å². The minimum absolute atomic E-state index is 0.0416. The van der Waals surface area contributed by atoms with Gasteiger partial charge in [0.2, 0.25) is 5.91 Å². The van der Waals surface area contributed by atoms with Gasteiger partial charge in [-0.05, 0) is 37.1 Å². The predicted molar refractivity (Wildman–Crippen MR) is 88.2 cm³/mol. The second-order valence-corrected chi connectivity index (χ2v) is 7.17. The number of halogens is 1. The summed E-state index contributed by atoms with van der Waals surface area (Å²) in [5, 5.41) is 7.60. The van der Waals surface area contributed by atoms with Crippen molar-refractivity contribution in [2.75, 3.05) is 5.32 Å². The van der Waals surface area contributed by atoms with Crippen LogP contribution >= 0.6 is 0 Å². The zero-order valence-electron chi connectivity index (χ0n) is 13.8. The molecule has 0 saturated heterocycles. The van der Waals surface area contributed by atoms with Gasteiger partial charge in [0.1, 0.15) is 11.6 Å². The Balaban J connectivity index is 1.96. The minimum Gasteiger partial charge on any atom is -0.310 e. The fourth-order valence-corrected chi connectivity index (χ4v) is 2.51. The molecule has 2 aromatic rings. The smallest absolute Gasteiger partial charge is 0.228 e. The zero-order valence-corrected chi connectivity index (χ0v) is 13.8. The van der Waals surface area contributed by atoms with Gasteiger partial charge in [-0.1, -0.05) is 27.2 Å². The van der Waals surface area contributed by atoms with Crippen LogP contribution in [-0.4, -0.2) is 15.7 Å². The van der Waals surface area contributed by atoms with Crippen LogP contribution in [0.15, 0.2) is 30.3 Å². The Morgan fingerprint density at radius 1 is 1.26 bits per heavy atom. The summed E-state index contributed by atoms with van der Waals surface area (Å²) in [5.41, 5.74) is 1.47. The van der Waals surface area contributed by atoms with E-state index in [0.29, 0.717) is 5.82 Å². The molecule has 3 rings (SSSR count). The van der Waals surface area contributed by atoms with Crippen molar-refractivity contribution in [2.45, 2.75) is 45.4 Å². The molecule has 0 atom stereocenters. The molecule has 0 radical (unpaired) electrons. The SMILES string of the molecule is CC(C)(C)c1cc(NC(=O)C2CCC2)n(-c2ccc(F)cc2)n1. The Morgan fingerprint density at radius 3 is 2.43 bits per heavy atom. The highest BCUT2D eigenvalue weighted by atomic mass is 19.1. The first-order valence-electron chi connectivity index (χ1n) is 8.02. The quantitative estimate of drug-likeness (QED) is 0.929. The fourth-order valence-electron chi connectivity index (χ4n) is 2.51. The Bertz CT molecular complexity index is 709. The number of hydrogen-bond acceptors (Lipinski definition) is 2. The van der Waals surface area contributed by atoms with E-state index in [4.69, 9.17) is 0 Å². The molecule has 1 aromatic heterocycles. The maximum Gasteiger partial charge on any atom is 0.228 e. The van der Waals surface area contributed by atoms with Crippen LogP contribution in [-0.2, 0) is 10.2 Å². The summed E-state index contributed by atoms with van der Waals surface area (Å²) in [5.74, 6) is 0.486. The average Bonchev–Trinajstić information content (AvgIpc) is 2.81. The summed E-state index contributed by atoms with van der Waals surface area (Å²) in [4.78, 5) is 12.3. The van der Waals surface area contributed by atoms with Crippen molar-refractivity contribution >= 4 is 11.7 Å². The van der Waals surface area contributed by atoms with Crippen LogP contribution in [0.4, 0.5) is 10.2 Å². The molecule has 5 heteroatoms. The summed E-state index contributed by atoms with van der Waals surface area (Å²) in [7, 11) is 0. The second kappa shape index (κ2) is 5.80. The van der Waals surface area contributed by atoms with Gasteiger partial charge >= 0.3 is 0 Å². The lowest BCUT2D eigenvalue weighted by atomic mass is 9.85. The number of benzene rings is 1. The average molecular weight is 315 g/mol. The second-order valence-electron chi connectivity index (χ2n) is 7.17. The van der Waals surface area contributed by atoms with Crippen molar-refractivity contribution in [1.82, 2.24) is 9.78 Å². The molecule has 0 aliphatic heterocycles. The number of rotatable bonds is 3. The van der Waals surface area contributed by atoms with Gasteiger partial charge in [0.25, 0.3) is 0 Å². The van der Waals surface area contributed by atoms with E-state index < -0.39 is 0 Å². The topological polar surface area (TPSA) is 46.9 Å². The first kappa shape index (κ1) is 15.7. The van der Waals surface area contributed by atoms with Gasteiger partial charge < -0.3 is 5.32 Å². The number of anilines is 1. The summed E-state index contributed by atoms with van der Waals surface area (Å²) >= 11 is 0. The van der Waals surface area contributed by atoms with E-state index in [9.17, 15) is 9.18 Å². The Labute approximate surface area is 135 Å². The number of aromatic nitrogens is 2. The van der Waals surface area contributed by atoms with E-state index in [1.807, 2.05) is 6.07 Å². The van der Waals surface area contributed by atoms with Crippen molar-refractivity contribution in [2.24, 2.45) is 5.92 Å². The van der Waals surface area contributed by atoms with E-state index in [1.165, 1.54) is 12.1 Å². The summed E-state index contributed by atoms with van der Waals surface area (Å²) in [6.07, 6.45) is 3.01. The Hall–Kier alpha value is -2.17. The highest BCUT2D eigenvalue weighted by Crippen LogP contribution is 2.30. The molecular weight excluding hydrogens is 293 g/mol. The van der Waals surface area contributed by atoms with Gasteiger partial charge in [-0.2, -0.15) is 5.10 Å². The van der Waals surface area contributed by atoms with Crippen molar-refractivity contribution < 1.29 is 9.18 Å². The Kier molecular flexibility index (Phi) is 3.96. The first-order valence-corrected chi connectivity index (χ1v) is 8.02. The molecule has 1 saturated carbocycles. The summed E-state index contributed by atoms with van der Waals surface area (Å²) in [6.45, 7) is 6.21. The molecule has 0 unspecified atom stereocenters. The van der Waals surface area contributed by atoms with E-state index >= 15 is 0 Å². The lowest BCUT2D eigenvalue weighted by Gasteiger charge is -2.24. The van der Waals surface area contributed by atoms with Crippen LogP contribution in [0.2, 0.25) is 0 Å². The number of hydrogen-bond donors (Lipinski definition) is 1. The number of amides is 1. The molecule has 4 nitrogen and oxygen atoms in total. The van der Waals surface area contributed by atoms with E-state index in [-0.39, 0.29) is 23.1 Å². The monoisotopic (exact) mass is 315 g/mol. The standard InChI is InChI=1S/C18H22FN3O/c1-18(2,3)15-11-16(20-17(23)12-5-4-6-12)22(21-15)14-9-7-13(19)8-10-14/h7-12H,4-6H2,1-3H3,(H,20,23). The molecule has 1 aliphatic carbocycles. The lowest BCUT2D eigenvalue weighted by molar-refractivity contribution is -0.122. The molecule has 1 aromatic carbocycles. The van der Waals surface area contributed by atoms with Gasteiger partial charge in [-0.3, -0.25) is 4.79 Å². The molecule has 1 amide bonds. The van der Waals surface area contributed by atoms with Crippen LogP contribution in [0.1, 0.15) is 45.7 Å². The van der Waals surface area contributed by atoms with Crippen LogP contribution in [0, 0.1) is 11.7 Å². The number of carbonyl (C=O) groups excluding carboxylic acids is 1. The lowest BCUT2D eigenvalue weighted by Crippen LogP contribution is -2.28. The number of nitrogens with one attached hydrogen (secondary N) is 1. The fraction of sp³-hybridized carbons (Fsp3) is 0.444. The molecule has 1 aliphatic rings. The summed E-state index contributed by atoms with van der Waals surface area (Å²) < 4.78 is 14.8. The molecule has 23 heavy (non-hydrogen) atoms. The van der Waals surface area contributed by atoms with E-state index in [2.05, 4.69) is 31.2 Å². The molecule has 0 spiro atoms. The third-order valence-electron chi connectivity index (χ3n) is 4.28. The maximum atomic E-state index is 13.2. The highest BCUT2D eigenvalue weighted by molar-refractivity contribution is 5.92. The highest BCUT2D eigenvalue weighted by Gasteiger charge is 2.27. The van der Waals surface area contributed by atoms with Crippen molar-refractivity contribution in [1.29, 1.82) is 0 Å². The van der Waals surface area contributed by atoms with Crippen LogP contribution in [0.5, 0.6) is 0 Å². The molecule has 1 heterocycles. The van der Waals surface area contributed by atoms with Gasteiger partial charge in [-0.25, -0.2) is 9.07 Å². The third kappa shape index (κ3) is 3.28. The van der Waals surface area contributed by atoms with Crippen molar-refractivity contribution in [3.63, 3.8) is 0 Å². The van der Waals surface area contributed by atoms with Crippen molar-refractivity contribution in [3.8, 4) is 5.69 Å². The Morgan fingerprint density at radius 2 is 1.91 bits per heavy atom. The third-order valence-corrected chi connectivity index (χ3v) is 4.28. The van der Waals surface area contributed by atoms with Gasteiger partial charge in [-0.15, -0.1) is 0 Å². The van der Waals surface area contributed by atoms with Gasteiger partial charge in [0, 0.05) is 17.4 Å². The normalized spacial score (nSPS) is 15.3. The first-order chi connectivity index (χ1) is 10.8. The van der Waals surface area contributed by atoms with Crippen LogP contribution < -0.4 is 5.32 Å². The largest absolute Gasteiger partial charge is 0.310 e. The minimum atomic E-state index is -0.294.